The molecule has 1 aliphatic heterocycles. The van der Waals surface area contributed by atoms with Crippen molar-refractivity contribution in [2.45, 2.75) is 38.0 Å². The van der Waals surface area contributed by atoms with Crippen LogP contribution in [0.4, 0.5) is 4.79 Å². The van der Waals surface area contributed by atoms with Crippen LogP contribution >= 0.6 is 0 Å². The normalized spacial score (nSPS) is 22.4. The number of amides is 2. The van der Waals surface area contributed by atoms with E-state index in [9.17, 15) is 14.7 Å². The summed E-state index contributed by atoms with van der Waals surface area (Å²) < 4.78 is 0. The maximum absolute atomic E-state index is 12.1. The number of carbonyl (C=O) groups excluding carboxylic acids is 1. The van der Waals surface area contributed by atoms with E-state index in [-0.39, 0.29) is 6.04 Å². The Kier molecular flexibility index (Phi) is 5.56. The Morgan fingerprint density at radius 2 is 2.11 bits per heavy atom. The quantitative estimate of drug-likeness (QED) is 0.631. The molecule has 7 nitrogen and oxygen atoms in total. The summed E-state index contributed by atoms with van der Waals surface area (Å²) in [6, 6.07) is -1.59. The van der Waals surface area contributed by atoms with E-state index < -0.39 is 24.1 Å². The molecule has 0 spiro atoms. The Balaban J connectivity index is 2.63. The molecule has 1 rings (SSSR count). The van der Waals surface area contributed by atoms with Crippen LogP contribution in [0.5, 0.6) is 0 Å². The fourth-order valence-electron chi connectivity index (χ4n) is 2.32. The van der Waals surface area contributed by atoms with Crippen LogP contribution in [0.2, 0.25) is 0 Å². The number of urea groups is 1. The van der Waals surface area contributed by atoms with Gasteiger partial charge in [-0.2, -0.15) is 0 Å². The van der Waals surface area contributed by atoms with Gasteiger partial charge in [-0.1, -0.05) is 0 Å². The summed E-state index contributed by atoms with van der Waals surface area (Å²) >= 11 is 0. The predicted molar refractivity (Wildman–Crippen MR) is 69.9 cm³/mol. The second-order valence-electron chi connectivity index (χ2n) is 5.26. The predicted octanol–water partition coefficient (Wildman–Crippen LogP) is -0.444. The van der Waals surface area contributed by atoms with Gasteiger partial charge in [0, 0.05) is 19.1 Å². The van der Waals surface area contributed by atoms with Gasteiger partial charge >= 0.3 is 12.0 Å². The molecule has 1 aliphatic rings. The van der Waals surface area contributed by atoms with Crippen molar-refractivity contribution in [3.05, 3.63) is 0 Å². The Morgan fingerprint density at radius 3 is 2.58 bits per heavy atom. The number of nitrogens with one attached hydrogen (secondary N) is 1. The zero-order valence-corrected chi connectivity index (χ0v) is 11.7. The highest BCUT2D eigenvalue weighted by Crippen LogP contribution is 2.18. The van der Waals surface area contributed by atoms with E-state index in [4.69, 9.17) is 5.11 Å². The molecular weight excluding hydrogens is 250 g/mol. The average molecular weight is 273 g/mol. The van der Waals surface area contributed by atoms with E-state index in [2.05, 4.69) is 5.32 Å². The highest BCUT2D eigenvalue weighted by atomic mass is 16.4. The molecule has 2 amide bonds. The van der Waals surface area contributed by atoms with Gasteiger partial charge in [0.05, 0.1) is 6.10 Å². The summed E-state index contributed by atoms with van der Waals surface area (Å²) in [5, 5.41) is 20.7. The summed E-state index contributed by atoms with van der Waals surface area (Å²) in [4.78, 5) is 26.7. The van der Waals surface area contributed by atoms with Gasteiger partial charge in [0.2, 0.25) is 0 Å². The number of rotatable bonds is 5. The first-order chi connectivity index (χ1) is 8.82. The van der Waals surface area contributed by atoms with Gasteiger partial charge in [-0.05, 0) is 33.9 Å². The third-order valence-electron chi connectivity index (χ3n) is 3.24. The Hall–Kier alpha value is -1.34. The molecule has 0 aromatic heterocycles. The first-order valence-corrected chi connectivity index (χ1v) is 6.45. The SMILES string of the molecule is CC(O)C(NC(=O)N1CCCC1CN(C)C)C(=O)O. The van der Waals surface area contributed by atoms with Gasteiger partial charge in [-0.15, -0.1) is 0 Å². The van der Waals surface area contributed by atoms with E-state index in [1.54, 1.807) is 4.90 Å². The molecule has 19 heavy (non-hydrogen) atoms. The van der Waals surface area contributed by atoms with Crippen molar-refractivity contribution in [2.24, 2.45) is 0 Å². The summed E-state index contributed by atoms with van der Waals surface area (Å²) in [5.41, 5.74) is 0. The standard InChI is InChI=1S/C12H23N3O4/c1-8(16)10(11(17)18)13-12(19)15-6-4-5-9(15)7-14(2)3/h8-10,16H,4-7H2,1-3H3,(H,13,19)(H,17,18). The van der Waals surface area contributed by atoms with Gasteiger partial charge < -0.3 is 25.3 Å². The van der Waals surface area contributed by atoms with Crippen molar-refractivity contribution >= 4 is 12.0 Å². The van der Waals surface area contributed by atoms with Crippen molar-refractivity contribution in [3.63, 3.8) is 0 Å². The van der Waals surface area contributed by atoms with Crippen LogP contribution < -0.4 is 5.32 Å². The van der Waals surface area contributed by atoms with E-state index >= 15 is 0 Å². The average Bonchev–Trinajstić information content (AvgIpc) is 2.71. The summed E-state index contributed by atoms with van der Waals surface area (Å²) in [6.45, 7) is 2.72. The van der Waals surface area contributed by atoms with Crippen LogP contribution in [-0.2, 0) is 4.79 Å². The van der Waals surface area contributed by atoms with E-state index in [0.29, 0.717) is 6.54 Å². The third kappa shape index (κ3) is 4.36. The van der Waals surface area contributed by atoms with Crippen LogP contribution in [0.15, 0.2) is 0 Å². The van der Waals surface area contributed by atoms with Crippen molar-refractivity contribution in [1.82, 2.24) is 15.1 Å². The lowest BCUT2D eigenvalue weighted by atomic mass is 10.2. The van der Waals surface area contributed by atoms with Gasteiger partial charge in [0.25, 0.3) is 0 Å². The van der Waals surface area contributed by atoms with E-state index in [1.165, 1.54) is 6.92 Å². The minimum Gasteiger partial charge on any atom is -0.480 e. The van der Waals surface area contributed by atoms with Crippen molar-refractivity contribution < 1.29 is 19.8 Å². The number of likely N-dealkylation sites (N-methyl/N-ethyl adjacent to an activating group) is 1. The minimum absolute atomic E-state index is 0.0958. The zero-order valence-electron chi connectivity index (χ0n) is 11.7. The number of aliphatic carboxylic acids is 1. The highest BCUT2D eigenvalue weighted by molar-refractivity contribution is 5.83. The molecule has 0 saturated carbocycles. The van der Waals surface area contributed by atoms with Crippen LogP contribution in [0.3, 0.4) is 0 Å². The lowest BCUT2D eigenvalue weighted by molar-refractivity contribution is -0.141. The minimum atomic E-state index is -1.27. The second-order valence-corrected chi connectivity index (χ2v) is 5.26. The largest absolute Gasteiger partial charge is 0.480 e. The molecular formula is C12H23N3O4. The first-order valence-electron chi connectivity index (χ1n) is 6.45. The maximum atomic E-state index is 12.1. The van der Waals surface area contributed by atoms with Gasteiger partial charge in [0.1, 0.15) is 0 Å². The zero-order chi connectivity index (χ0) is 14.6. The molecule has 1 fully saturated rings. The number of likely N-dealkylation sites (tertiary alicyclic amines) is 1. The molecule has 0 bridgehead atoms. The van der Waals surface area contributed by atoms with Crippen molar-refractivity contribution in [3.8, 4) is 0 Å². The number of aliphatic hydroxyl groups excluding tert-OH is 1. The summed E-state index contributed by atoms with van der Waals surface area (Å²) in [5.74, 6) is -1.23. The fourth-order valence-corrected chi connectivity index (χ4v) is 2.32. The number of hydrogen-bond donors (Lipinski definition) is 3. The van der Waals surface area contributed by atoms with Crippen LogP contribution in [0.25, 0.3) is 0 Å². The molecule has 3 atom stereocenters. The second kappa shape index (κ2) is 6.72. The monoisotopic (exact) mass is 273 g/mol. The van der Waals surface area contributed by atoms with Crippen LogP contribution in [0.1, 0.15) is 19.8 Å². The molecule has 110 valence electrons. The lowest BCUT2D eigenvalue weighted by Crippen LogP contribution is -2.54. The highest BCUT2D eigenvalue weighted by Gasteiger charge is 2.32. The number of carboxylic acids is 1. The molecule has 7 heteroatoms. The number of aliphatic hydroxyl groups is 1. The fraction of sp³-hybridized carbons (Fsp3) is 0.833. The van der Waals surface area contributed by atoms with Crippen molar-refractivity contribution in [1.29, 1.82) is 0 Å². The lowest BCUT2D eigenvalue weighted by Gasteiger charge is -2.29. The van der Waals surface area contributed by atoms with Gasteiger partial charge in [-0.25, -0.2) is 9.59 Å². The molecule has 0 radical (unpaired) electrons. The Labute approximate surface area is 113 Å². The molecule has 1 heterocycles. The number of nitrogens with zero attached hydrogens (tertiary/aromatic N) is 2. The van der Waals surface area contributed by atoms with E-state index in [0.717, 1.165) is 19.4 Å². The number of hydrogen-bond acceptors (Lipinski definition) is 4. The molecule has 3 unspecified atom stereocenters. The molecule has 3 N–H and O–H groups in total. The topological polar surface area (TPSA) is 93.1 Å². The smallest absolute Gasteiger partial charge is 0.328 e. The van der Waals surface area contributed by atoms with Gasteiger partial charge in [-0.3, -0.25) is 0 Å². The molecule has 0 aromatic carbocycles. The maximum Gasteiger partial charge on any atom is 0.328 e. The first kappa shape index (κ1) is 15.7. The third-order valence-corrected chi connectivity index (χ3v) is 3.24. The number of carbonyl (C=O) groups is 2. The van der Waals surface area contributed by atoms with Crippen molar-refractivity contribution in [2.75, 3.05) is 27.2 Å². The summed E-state index contributed by atoms with van der Waals surface area (Å²) in [7, 11) is 3.87. The summed E-state index contributed by atoms with van der Waals surface area (Å²) in [6.07, 6.45) is 0.701. The molecule has 0 aromatic rings. The Bertz CT molecular complexity index is 333. The van der Waals surface area contributed by atoms with Crippen LogP contribution in [0, 0.1) is 0 Å². The van der Waals surface area contributed by atoms with Gasteiger partial charge in [0.15, 0.2) is 6.04 Å². The van der Waals surface area contributed by atoms with Crippen LogP contribution in [-0.4, -0.2) is 77.4 Å². The molecule has 0 aliphatic carbocycles. The molecule has 1 saturated heterocycles. The van der Waals surface area contributed by atoms with E-state index in [1.807, 2.05) is 19.0 Å². The number of carboxylic acid groups (broad SMARTS) is 1. The Morgan fingerprint density at radius 1 is 1.47 bits per heavy atom.